The molecule has 0 aliphatic carbocycles. The Hall–Kier alpha value is -3.15. The molecule has 2 aromatic heterocycles. The first kappa shape index (κ1) is 15.7. The zero-order valence-electron chi connectivity index (χ0n) is 13.2. The smallest absolute Gasteiger partial charge is 0.141 e. The second-order valence-corrected chi connectivity index (χ2v) is 5.05. The summed E-state index contributed by atoms with van der Waals surface area (Å²) in [6.45, 7) is 4.07. The summed E-state index contributed by atoms with van der Waals surface area (Å²) in [5.41, 5.74) is 2.02. The number of H-pyrrole nitrogens is 1. The fraction of sp³-hybridized carbons (Fsp3) is 0.111. The molecule has 3 rings (SSSR count). The third-order valence-electron chi connectivity index (χ3n) is 3.64. The van der Waals surface area contributed by atoms with E-state index < -0.39 is 0 Å². The summed E-state index contributed by atoms with van der Waals surface area (Å²) in [6, 6.07) is 6.86. The van der Waals surface area contributed by atoms with Gasteiger partial charge in [0.2, 0.25) is 0 Å². The molecule has 0 saturated carbocycles. The Morgan fingerprint density at radius 2 is 2.17 bits per heavy atom. The van der Waals surface area contributed by atoms with Crippen LogP contribution in [0.2, 0.25) is 0 Å². The number of hydrogen-bond acceptors (Lipinski definition) is 4. The molecule has 2 heterocycles. The normalized spacial score (nSPS) is 10.4. The highest BCUT2D eigenvalue weighted by atomic mass is 19.1. The third kappa shape index (κ3) is 2.99. The SMILES string of the molecule is C=Cc1c(F)ccc(CNc2ncccc2-c2ncc[nH]2)c1OC. The summed E-state index contributed by atoms with van der Waals surface area (Å²) >= 11 is 0. The Labute approximate surface area is 139 Å². The molecule has 122 valence electrons. The molecule has 2 N–H and O–H groups in total. The Morgan fingerprint density at radius 3 is 2.88 bits per heavy atom. The summed E-state index contributed by atoms with van der Waals surface area (Å²) in [4.78, 5) is 11.7. The van der Waals surface area contributed by atoms with Crippen molar-refractivity contribution in [3.63, 3.8) is 0 Å². The number of halogens is 1. The molecule has 3 aromatic rings. The van der Waals surface area contributed by atoms with E-state index in [-0.39, 0.29) is 5.82 Å². The fourth-order valence-corrected chi connectivity index (χ4v) is 2.52. The lowest BCUT2D eigenvalue weighted by atomic mass is 10.1. The van der Waals surface area contributed by atoms with Crippen molar-refractivity contribution in [1.82, 2.24) is 15.0 Å². The fourth-order valence-electron chi connectivity index (χ4n) is 2.52. The molecule has 0 fully saturated rings. The van der Waals surface area contributed by atoms with Crippen LogP contribution >= 0.6 is 0 Å². The van der Waals surface area contributed by atoms with Gasteiger partial charge in [-0.2, -0.15) is 0 Å². The highest BCUT2D eigenvalue weighted by Gasteiger charge is 2.13. The maximum atomic E-state index is 13.8. The Bertz CT molecular complexity index is 846. The second kappa shape index (κ2) is 6.95. The quantitative estimate of drug-likeness (QED) is 0.722. The van der Waals surface area contributed by atoms with Crippen molar-refractivity contribution in [2.45, 2.75) is 6.54 Å². The Balaban J connectivity index is 1.89. The average molecular weight is 324 g/mol. The number of aromatic amines is 1. The highest BCUT2D eigenvalue weighted by molar-refractivity contribution is 5.70. The lowest BCUT2D eigenvalue weighted by Gasteiger charge is -2.14. The molecule has 0 spiro atoms. The van der Waals surface area contributed by atoms with Gasteiger partial charge in [-0.05, 0) is 18.2 Å². The van der Waals surface area contributed by atoms with E-state index in [0.29, 0.717) is 23.7 Å². The van der Waals surface area contributed by atoms with Gasteiger partial charge in [0.1, 0.15) is 23.2 Å². The summed E-state index contributed by atoms with van der Waals surface area (Å²) < 4.78 is 19.2. The van der Waals surface area contributed by atoms with Crippen LogP contribution in [-0.2, 0) is 6.54 Å². The zero-order valence-corrected chi connectivity index (χ0v) is 13.2. The predicted octanol–water partition coefficient (Wildman–Crippen LogP) is 3.87. The van der Waals surface area contributed by atoms with E-state index in [1.54, 1.807) is 24.7 Å². The topological polar surface area (TPSA) is 62.8 Å². The van der Waals surface area contributed by atoms with Gasteiger partial charge in [0, 0.05) is 30.7 Å². The zero-order chi connectivity index (χ0) is 16.9. The summed E-state index contributed by atoms with van der Waals surface area (Å²) in [7, 11) is 1.51. The van der Waals surface area contributed by atoms with Crippen LogP contribution in [0.25, 0.3) is 17.5 Å². The van der Waals surface area contributed by atoms with Crippen LogP contribution in [0.15, 0.2) is 49.4 Å². The van der Waals surface area contributed by atoms with E-state index in [4.69, 9.17) is 4.74 Å². The van der Waals surface area contributed by atoms with Crippen molar-refractivity contribution in [3.8, 4) is 17.1 Å². The first-order valence-electron chi connectivity index (χ1n) is 7.41. The van der Waals surface area contributed by atoms with Crippen molar-refractivity contribution in [2.75, 3.05) is 12.4 Å². The van der Waals surface area contributed by atoms with Crippen molar-refractivity contribution in [3.05, 3.63) is 66.4 Å². The van der Waals surface area contributed by atoms with E-state index in [2.05, 4.69) is 26.8 Å². The molecule has 0 amide bonds. The number of nitrogens with one attached hydrogen (secondary N) is 2. The molecule has 0 radical (unpaired) electrons. The molecule has 24 heavy (non-hydrogen) atoms. The van der Waals surface area contributed by atoms with Gasteiger partial charge in [-0.1, -0.05) is 18.7 Å². The number of imidazole rings is 1. The standard InChI is InChI=1S/C18H17FN4O/c1-3-13-15(19)7-6-12(16(13)24-2)11-23-18-14(5-4-8-20-18)17-21-9-10-22-17/h3-10H,1,11H2,2H3,(H,20,23)(H,21,22). The predicted molar refractivity (Wildman–Crippen MR) is 92.2 cm³/mol. The van der Waals surface area contributed by atoms with Crippen LogP contribution in [0.3, 0.4) is 0 Å². The van der Waals surface area contributed by atoms with Gasteiger partial charge >= 0.3 is 0 Å². The van der Waals surface area contributed by atoms with Gasteiger partial charge in [-0.25, -0.2) is 14.4 Å². The monoisotopic (exact) mass is 324 g/mol. The van der Waals surface area contributed by atoms with Crippen molar-refractivity contribution >= 4 is 11.9 Å². The minimum Gasteiger partial charge on any atom is -0.496 e. The van der Waals surface area contributed by atoms with E-state index in [0.717, 1.165) is 17.0 Å². The van der Waals surface area contributed by atoms with Gasteiger partial charge in [-0.3, -0.25) is 0 Å². The van der Waals surface area contributed by atoms with E-state index in [1.807, 2.05) is 12.1 Å². The van der Waals surface area contributed by atoms with E-state index in [9.17, 15) is 4.39 Å². The lowest BCUT2D eigenvalue weighted by Crippen LogP contribution is -2.06. The third-order valence-corrected chi connectivity index (χ3v) is 3.64. The van der Waals surface area contributed by atoms with E-state index >= 15 is 0 Å². The van der Waals surface area contributed by atoms with Crippen LogP contribution in [-0.4, -0.2) is 22.1 Å². The largest absolute Gasteiger partial charge is 0.496 e. The van der Waals surface area contributed by atoms with Gasteiger partial charge < -0.3 is 15.0 Å². The van der Waals surface area contributed by atoms with Crippen molar-refractivity contribution < 1.29 is 9.13 Å². The van der Waals surface area contributed by atoms with Crippen LogP contribution in [0.4, 0.5) is 10.2 Å². The number of rotatable bonds is 6. The number of nitrogens with zero attached hydrogens (tertiary/aromatic N) is 2. The molecule has 0 aliphatic heterocycles. The average Bonchev–Trinajstić information content (AvgIpc) is 3.15. The summed E-state index contributed by atoms with van der Waals surface area (Å²) in [5.74, 6) is 1.51. The molecule has 0 aliphatic rings. The molecular formula is C18H17FN4O. The number of hydrogen-bond donors (Lipinski definition) is 2. The summed E-state index contributed by atoms with van der Waals surface area (Å²) in [6.07, 6.45) is 6.59. The van der Waals surface area contributed by atoms with E-state index in [1.165, 1.54) is 19.3 Å². The van der Waals surface area contributed by atoms with Gasteiger partial charge in [0.15, 0.2) is 0 Å². The highest BCUT2D eigenvalue weighted by Crippen LogP contribution is 2.29. The van der Waals surface area contributed by atoms with Crippen molar-refractivity contribution in [2.24, 2.45) is 0 Å². The number of benzene rings is 1. The number of pyridine rings is 1. The molecule has 1 aromatic carbocycles. The second-order valence-electron chi connectivity index (χ2n) is 5.05. The number of anilines is 1. The van der Waals surface area contributed by atoms with Gasteiger partial charge in [-0.15, -0.1) is 0 Å². The minimum atomic E-state index is -0.361. The number of methoxy groups -OCH3 is 1. The van der Waals surface area contributed by atoms with Crippen LogP contribution in [0, 0.1) is 5.82 Å². The van der Waals surface area contributed by atoms with Gasteiger partial charge in [0.05, 0.1) is 18.2 Å². The van der Waals surface area contributed by atoms with Crippen LogP contribution < -0.4 is 10.1 Å². The molecule has 5 nitrogen and oxygen atoms in total. The first-order valence-corrected chi connectivity index (χ1v) is 7.41. The van der Waals surface area contributed by atoms with Gasteiger partial charge in [0.25, 0.3) is 0 Å². The summed E-state index contributed by atoms with van der Waals surface area (Å²) in [5, 5.41) is 3.26. The first-order chi connectivity index (χ1) is 11.7. The van der Waals surface area contributed by atoms with Crippen molar-refractivity contribution in [1.29, 1.82) is 0 Å². The molecule has 6 heteroatoms. The molecule has 0 bridgehead atoms. The van der Waals surface area contributed by atoms with Crippen LogP contribution in [0.1, 0.15) is 11.1 Å². The minimum absolute atomic E-state index is 0.351. The maximum Gasteiger partial charge on any atom is 0.141 e. The molecular weight excluding hydrogens is 307 g/mol. The maximum absolute atomic E-state index is 13.8. The lowest BCUT2D eigenvalue weighted by molar-refractivity contribution is 0.405. The molecule has 0 unspecified atom stereocenters. The number of ether oxygens (including phenoxy) is 1. The Morgan fingerprint density at radius 1 is 1.29 bits per heavy atom. The molecule has 0 saturated heterocycles. The molecule has 0 atom stereocenters. The Kier molecular flexibility index (Phi) is 4.56. The van der Waals surface area contributed by atoms with Crippen LogP contribution in [0.5, 0.6) is 5.75 Å². The number of aromatic nitrogens is 3.